The first-order valence-corrected chi connectivity index (χ1v) is 7.95. The molecular formula is C12H17N5O2S. The predicted octanol–water partition coefficient (Wildman–Crippen LogP) is 0.709. The van der Waals surface area contributed by atoms with Crippen LogP contribution in [-0.2, 0) is 9.84 Å². The van der Waals surface area contributed by atoms with Gasteiger partial charge in [-0.1, -0.05) is 0 Å². The Morgan fingerprint density at radius 1 is 1.35 bits per heavy atom. The molecule has 7 nitrogen and oxygen atoms in total. The van der Waals surface area contributed by atoms with Crippen LogP contribution >= 0.6 is 0 Å². The van der Waals surface area contributed by atoms with E-state index in [-0.39, 0.29) is 10.7 Å². The minimum Gasteiger partial charge on any atom is -0.382 e. The van der Waals surface area contributed by atoms with Crippen LogP contribution in [0.15, 0.2) is 29.4 Å². The zero-order valence-corrected chi connectivity index (χ0v) is 12.4. The molecule has 0 radical (unpaired) electrons. The van der Waals surface area contributed by atoms with Crippen molar-refractivity contribution in [2.75, 3.05) is 30.5 Å². The molecule has 2 aromatic rings. The second-order valence-electron chi connectivity index (χ2n) is 4.44. The number of nitrogens with zero attached hydrogens (tertiary/aromatic N) is 4. The Labute approximate surface area is 118 Å². The van der Waals surface area contributed by atoms with E-state index in [9.17, 15) is 8.42 Å². The molecule has 0 spiro atoms. The van der Waals surface area contributed by atoms with Crippen molar-refractivity contribution in [3.05, 3.63) is 24.5 Å². The van der Waals surface area contributed by atoms with Gasteiger partial charge in [-0.2, -0.15) is 0 Å². The summed E-state index contributed by atoms with van der Waals surface area (Å²) in [5.41, 5.74) is 6.65. The maximum Gasteiger partial charge on any atom is 0.182 e. The highest BCUT2D eigenvalue weighted by atomic mass is 32.2. The van der Waals surface area contributed by atoms with Gasteiger partial charge in [0.25, 0.3) is 0 Å². The lowest BCUT2D eigenvalue weighted by molar-refractivity contribution is 0.602. The van der Waals surface area contributed by atoms with E-state index in [1.807, 2.05) is 6.92 Å². The third-order valence-corrected chi connectivity index (χ3v) is 4.11. The van der Waals surface area contributed by atoms with E-state index in [1.165, 1.54) is 4.68 Å². The predicted molar refractivity (Wildman–Crippen MR) is 77.8 cm³/mol. The molecular weight excluding hydrogens is 278 g/mol. The number of hydrogen-bond acceptors (Lipinski definition) is 6. The van der Waals surface area contributed by atoms with Crippen LogP contribution in [0.1, 0.15) is 6.92 Å². The van der Waals surface area contributed by atoms with Gasteiger partial charge in [-0.15, -0.1) is 5.10 Å². The summed E-state index contributed by atoms with van der Waals surface area (Å²) in [6.07, 6.45) is 4.32. The zero-order valence-electron chi connectivity index (χ0n) is 11.6. The molecule has 0 amide bonds. The largest absolute Gasteiger partial charge is 0.382 e. The van der Waals surface area contributed by atoms with Gasteiger partial charge in [0.15, 0.2) is 20.6 Å². The topological polar surface area (TPSA) is 94.1 Å². The van der Waals surface area contributed by atoms with Gasteiger partial charge < -0.3 is 10.6 Å². The Hall–Kier alpha value is -2.09. The fourth-order valence-electron chi connectivity index (χ4n) is 1.84. The molecule has 0 aliphatic heterocycles. The second-order valence-corrected chi connectivity index (χ2v) is 6.39. The number of hydrogen-bond donors (Lipinski definition) is 1. The average Bonchev–Trinajstić information content (AvgIpc) is 2.76. The lowest BCUT2D eigenvalue weighted by Crippen LogP contribution is -2.19. The van der Waals surface area contributed by atoms with Crippen LogP contribution in [-0.4, -0.2) is 43.0 Å². The smallest absolute Gasteiger partial charge is 0.182 e. The number of aromatic nitrogens is 3. The van der Waals surface area contributed by atoms with Gasteiger partial charge in [0, 0.05) is 32.2 Å². The molecule has 0 atom stereocenters. The summed E-state index contributed by atoms with van der Waals surface area (Å²) >= 11 is 0. The van der Waals surface area contributed by atoms with Crippen LogP contribution in [0.5, 0.6) is 0 Å². The van der Waals surface area contributed by atoms with E-state index in [1.54, 1.807) is 36.5 Å². The molecule has 2 heterocycles. The van der Waals surface area contributed by atoms with Gasteiger partial charge in [0.05, 0.1) is 5.69 Å². The normalized spacial score (nSPS) is 11.6. The molecule has 0 fully saturated rings. The van der Waals surface area contributed by atoms with E-state index in [0.29, 0.717) is 18.1 Å². The first kappa shape index (κ1) is 14.3. The van der Waals surface area contributed by atoms with Crippen LogP contribution in [0.4, 0.5) is 11.6 Å². The van der Waals surface area contributed by atoms with Crippen molar-refractivity contribution in [1.82, 2.24) is 14.8 Å². The molecule has 8 heteroatoms. The summed E-state index contributed by atoms with van der Waals surface area (Å²) in [5, 5.41) is 4.33. The molecule has 0 unspecified atom stereocenters. The quantitative estimate of drug-likeness (QED) is 0.892. The highest BCUT2D eigenvalue weighted by Crippen LogP contribution is 2.31. The summed E-state index contributed by atoms with van der Waals surface area (Å²) in [7, 11) is -1.70. The Bertz CT molecular complexity index is 709. The maximum atomic E-state index is 12.0. The van der Waals surface area contributed by atoms with Gasteiger partial charge in [0.2, 0.25) is 0 Å². The van der Waals surface area contributed by atoms with Crippen molar-refractivity contribution in [2.45, 2.75) is 11.8 Å². The minimum atomic E-state index is -3.47. The summed E-state index contributed by atoms with van der Waals surface area (Å²) in [6.45, 7) is 2.53. The van der Waals surface area contributed by atoms with Gasteiger partial charge in [-0.25, -0.2) is 13.1 Å². The van der Waals surface area contributed by atoms with Crippen molar-refractivity contribution in [3.8, 4) is 5.69 Å². The third-order valence-electron chi connectivity index (χ3n) is 2.97. The summed E-state index contributed by atoms with van der Waals surface area (Å²) in [4.78, 5) is 5.71. The minimum absolute atomic E-state index is 0.0543. The summed E-state index contributed by atoms with van der Waals surface area (Å²) < 4.78 is 25.4. The number of nitrogens with two attached hydrogens (primary N) is 1. The lowest BCUT2D eigenvalue weighted by Gasteiger charge is -2.14. The molecule has 108 valence electrons. The van der Waals surface area contributed by atoms with Crippen molar-refractivity contribution in [2.24, 2.45) is 0 Å². The summed E-state index contributed by atoms with van der Waals surface area (Å²) in [5.74, 6) is 0.457. The maximum absolute atomic E-state index is 12.0. The number of pyridine rings is 1. The molecule has 2 aromatic heterocycles. The van der Waals surface area contributed by atoms with Crippen molar-refractivity contribution in [3.63, 3.8) is 0 Å². The van der Waals surface area contributed by atoms with E-state index in [4.69, 9.17) is 5.73 Å². The van der Waals surface area contributed by atoms with Crippen molar-refractivity contribution < 1.29 is 8.42 Å². The number of nitrogen functional groups attached to an aromatic ring is 1. The SMILES string of the molecule is CCN(C)c1nn(-c2ccncc2)c(N)c1S(C)(=O)=O. The molecule has 0 saturated heterocycles. The number of rotatable bonds is 4. The molecule has 0 aliphatic carbocycles. The Morgan fingerprint density at radius 2 is 1.95 bits per heavy atom. The van der Waals surface area contributed by atoms with Crippen LogP contribution in [0, 0.1) is 0 Å². The highest BCUT2D eigenvalue weighted by molar-refractivity contribution is 7.91. The molecule has 20 heavy (non-hydrogen) atoms. The summed E-state index contributed by atoms with van der Waals surface area (Å²) in [6, 6.07) is 3.43. The van der Waals surface area contributed by atoms with Gasteiger partial charge in [-0.05, 0) is 19.1 Å². The van der Waals surface area contributed by atoms with Crippen LogP contribution < -0.4 is 10.6 Å². The number of sulfone groups is 1. The van der Waals surface area contributed by atoms with E-state index in [2.05, 4.69) is 10.1 Å². The van der Waals surface area contributed by atoms with Crippen LogP contribution in [0.3, 0.4) is 0 Å². The van der Waals surface area contributed by atoms with E-state index in [0.717, 1.165) is 6.26 Å². The number of anilines is 2. The molecule has 2 N–H and O–H groups in total. The Morgan fingerprint density at radius 3 is 2.45 bits per heavy atom. The molecule has 0 saturated carbocycles. The molecule has 2 rings (SSSR count). The molecule has 0 bridgehead atoms. The van der Waals surface area contributed by atoms with Crippen LogP contribution in [0.2, 0.25) is 0 Å². The molecule has 0 aliphatic rings. The monoisotopic (exact) mass is 295 g/mol. The van der Waals surface area contributed by atoms with Gasteiger partial charge in [-0.3, -0.25) is 4.98 Å². The highest BCUT2D eigenvalue weighted by Gasteiger charge is 2.26. The average molecular weight is 295 g/mol. The van der Waals surface area contributed by atoms with Gasteiger partial charge in [0.1, 0.15) is 5.82 Å². The van der Waals surface area contributed by atoms with Crippen molar-refractivity contribution >= 4 is 21.5 Å². The van der Waals surface area contributed by atoms with E-state index >= 15 is 0 Å². The fraction of sp³-hybridized carbons (Fsp3) is 0.333. The first-order chi connectivity index (χ1) is 9.36. The third kappa shape index (κ3) is 2.46. The van der Waals surface area contributed by atoms with Gasteiger partial charge >= 0.3 is 0 Å². The van der Waals surface area contributed by atoms with E-state index < -0.39 is 9.84 Å². The van der Waals surface area contributed by atoms with Crippen molar-refractivity contribution in [1.29, 1.82) is 0 Å². The first-order valence-electron chi connectivity index (χ1n) is 6.06. The van der Waals surface area contributed by atoms with Crippen LogP contribution in [0.25, 0.3) is 5.69 Å². The molecule has 0 aromatic carbocycles. The standard InChI is InChI=1S/C12H17N5O2S/c1-4-16(2)12-10(20(3,18)19)11(13)17(15-12)9-5-7-14-8-6-9/h5-8H,4,13H2,1-3H3. The lowest BCUT2D eigenvalue weighted by atomic mass is 10.4. The fourth-order valence-corrected chi connectivity index (χ4v) is 2.84. The zero-order chi connectivity index (χ0) is 14.9. The Kier molecular flexibility index (Phi) is 3.67. The second kappa shape index (κ2) is 5.12. The Balaban J connectivity index is 2.72.